The predicted octanol–water partition coefficient (Wildman–Crippen LogP) is 3.50. The maximum atomic E-state index is 5.40. The topological polar surface area (TPSA) is 43.3 Å². The van der Waals surface area contributed by atoms with Gasteiger partial charge in [0.15, 0.2) is 10.9 Å². The molecule has 1 aliphatic rings. The summed E-state index contributed by atoms with van der Waals surface area (Å²) in [5.41, 5.74) is 2.98. The molecule has 2 aromatic heterocycles. The van der Waals surface area contributed by atoms with Gasteiger partial charge in [-0.25, -0.2) is 9.66 Å². The maximum Gasteiger partial charge on any atom is 0.189 e. The van der Waals surface area contributed by atoms with E-state index in [2.05, 4.69) is 22.2 Å². The molecule has 0 bridgehead atoms. The van der Waals surface area contributed by atoms with Gasteiger partial charge in [0.2, 0.25) is 0 Å². The number of imidazole rings is 1. The predicted molar refractivity (Wildman–Crippen MR) is 79.0 cm³/mol. The number of benzene rings is 1. The molecular formula is C15H11N3OS. The first kappa shape index (κ1) is 11.5. The minimum absolute atomic E-state index is 0.777. The molecule has 1 aliphatic heterocycles. The van der Waals surface area contributed by atoms with Crippen molar-refractivity contribution in [2.45, 2.75) is 5.16 Å². The molecule has 4 rings (SSSR count). The van der Waals surface area contributed by atoms with E-state index in [-0.39, 0.29) is 0 Å². The lowest BCUT2D eigenvalue weighted by molar-refractivity contribution is 0.555. The molecule has 0 aliphatic carbocycles. The molecule has 0 radical (unpaired) electrons. The van der Waals surface area contributed by atoms with Crippen LogP contribution in [0.5, 0.6) is 0 Å². The van der Waals surface area contributed by atoms with Crippen molar-refractivity contribution < 1.29 is 4.42 Å². The minimum atomic E-state index is 0.777. The molecule has 0 unspecified atom stereocenters. The zero-order valence-corrected chi connectivity index (χ0v) is 11.4. The highest BCUT2D eigenvalue weighted by Crippen LogP contribution is 2.28. The van der Waals surface area contributed by atoms with Crippen molar-refractivity contribution >= 4 is 17.5 Å². The molecular weight excluding hydrogens is 270 g/mol. The molecule has 3 aromatic rings. The Balaban J connectivity index is 1.74. The number of hydrogen-bond donors (Lipinski definition) is 0. The smallest absolute Gasteiger partial charge is 0.189 e. The van der Waals surface area contributed by atoms with Crippen LogP contribution >= 0.6 is 11.8 Å². The van der Waals surface area contributed by atoms with E-state index < -0.39 is 0 Å². The van der Waals surface area contributed by atoms with Crippen molar-refractivity contribution in [2.75, 3.05) is 5.75 Å². The Morgan fingerprint density at radius 3 is 2.80 bits per heavy atom. The molecule has 0 saturated carbocycles. The summed E-state index contributed by atoms with van der Waals surface area (Å²) in [6.45, 7) is 0. The van der Waals surface area contributed by atoms with Gasteiger partial charge in [-0.3, -0.25) is 0 Å². The van der Waals surface area contributed by atoms with Crippen molar-refractivity contribution in [1.82, 2.24) is 9.66 Å². The summed E-state index contributed by atoms with van der Waals surface area (Å²) >= 11 is 1.67. The van der Waals surface area contributed by atoms with E-state index in [1.807, 2.05) is 41.2 Å². The van der Waals surface area contributed by atoms with Crippen molar-refractivity contribution in [3.8, 4) is 11.3 Å². The molecule has 0 spiro atoms. The standard InChI is InChI=1S/C15H11N3OS/c1-2-5-11(6-3-1)12-9-18-15(16-12)20-10-13(17-18)14-7-4-8-19-14/h1-9H,10H2. The van der Waals surface area contributed by atoms with Gasteiger partial charge >= 0.3 is 0 Å². The van der Waals surface area contributed by atoms with Gasteiger partial charge in [-0.15, -0.1) is 0 Å². The molecule has 0 fully saturated rings. The third-order valence-electron chi connectivity index (χ3n) is 3.10. The quantitative estimate of drug-likeness (QED) is 0.722. The average Bonchev–Trinajstić information content (AvgIpc) is 3.16. The fourth-order valence-corrected chi connectivity index (χ4v) is 2.98. The van der Waals surface area contributed by atoms with Gasteiger partial charge in [-0.2, -0.15) is 5.10 Å². The van der Waals surface area contributed by atoms with Crippen LogP contribution in [-0.2, 0) is 0 Å². The van der Waals surface area contributed by atoms with Crippen LogP contribution < -0.4 is 0 Å². The number of rotatable bonds is 2. The molecule has 0 saturated heterocycles. The molecule has 98 valence electrons. The van der Waals surface area contributed by atoms with Crippen LogP contribution in [0.3, 0.4) is 0 Å². The summed E-state index contributed by atoms with van der Waals surface area (Å²) in [6.07, 6.45) is 3.63. The van der Waals surface area contributed by atoms with E-state index in [0.717, 1.165) is 33.6 Å². The van der Waals surface area contributed by atoms with Crippen LogP contribution in [0.4, 0.5) is 0 Å². The second-order valence-electron chi connectivity index (χ2n) is 4.43. The number of hydrogen-bond acceptors (Lipinski definition) is 4. The van der Waals surface area contributed by atoms with E-state index in [1.165, 1.54) is 0 Å². The fourth-order valence-electron chi connectivity index (χ4n) is 2.13. The van der Waals surface area contributed by atoms with Gasteiger partial charge in [0.05, 0.1) is 18.2 Å². The monoisotopic (exact) mass is 281 g/mol. The van der Waals surface area contributed by atoms with E-state index >= 15 is 0 Å². The highest BCUT2D eigenvalue weighted by atomic mass is 32.2. The largest absolute Gasteiger partial charge is 0.463 e. The molecule has 0 amide bonds. The molecule has 20 heavy (non-hydrogen) atoms. The Kier molecular flexibility index (Phi) is 2.70. The normalized spacial score (nSPS) is 13.9. The molecule has 0 N–H and O–H groups in total. The number of furan rings is 1. The van der Waals surface area contributed by atoms with Crippen molar-refractivity contribution in [3.05, 3.63) is 60.7 Å². The highest BCUT2D eigenvalue weighted by Gasteiger charge is 2.18. The molecule has 0 atom stereocenters. The first-order chi connectivity index (χ1) is 9.90. The van der Waals surface area contributed by atoms with Crippen molar-refractivity contribution in [2.24, 2.45) is 5.10 Å². The summed E-state index contributed by atoms with van der Waals surface area (Å²) in [5.74, 6) is 1.59. The van der Waals surface area contributed by atoms with Crippen molar-refractivity contribution in [1.29, 1.82) is 0 Å². The summed E-state index contributed by atoms with van der Waals surface area (Å²) in [7, 11) is 0. The van der Waals surface area contributed by atoms with Crippen LogP contribution in [0, 0.1) is 0 Å². The second-order valence-corrected chi connectivity index (χ2v) is 5.37. The third kappa shape index (κ3) is 1.96. The van der Waals surface area contributed by atoms with Gasteiger partial charge in [0.1, 0.15) is 5.71 Å². The number of fused-ring (bicyclic) bond motifs is 1. The number of aromatic nitrogens is 2. The molecule has 5 heteroatoms. The fraction of sp³-hybridized carbons (Fsp3) is 0.0667. The van der Waals surface area contributed by atoms with Gasteiger partial charge < -0.3 is 4.42 Å². The van der Waals surface area contributed by atoms with E-state index in [0.29, 0.717) is 0 Å². The van der Waals surface area contributed by atoms with Crippen LogP contribution in [0.15, 0.2) is 69.6 Å². The first-order valence-electron chi connectivity index (χ1n) is 6.29. The molecule has 3 heterocycles. The Morgan fingerprint density at radius 2 is 2.00 bits per heavy atom. The van der Waals surface area contributed by atoms with Crippen LogP contribution in [0.25, 0.3) is 11.3 Å². The summed E-state index contributed by atoms with van der Waals surface area (Å²) < 4.78 is 7.23. The van der Waals surface area contributed by atoms with Crippen LogP contribution in [0.2, 0.25) is 0 Å². The van der Waals surface area contributed by atoms with E-state index in [4.69, 9.17) is 4.42 Å². The lowest BCUT2D eigenvalue weighted by atomic mass is 10.2. The lowest BCUT2D eigenvalue weighted by Gasteiger charge is -2.10. The van der Waals surface area contributed by atoms with Crippen molar-refractivity contribution in [3.63, 3.8) is 0 Å². The summed E-state index contributed by atoms with van der Waals surface area (Å²) in [5, 5.41) is 5.51. The second kappa shape index (κ2) is 4.68. The molecule has 4 nitrogen and oxygen atoms in total. The Bertz CT molecular complexity index is 760. The zero-order chi connectivity index (χ0) is 13.4. The maximum absolute atomic E-state index is 5.40. The minimum Gasteiger partial charge on any atom is -0.463 e. The Labute approximate surface area is 120 Å². The van der Waals surface area contributed by atoms with Crippen LogP contribution in [0.1, 0.15) is 5.76 Å². The van der Waals surface area contributed by atoms with E-state index in [1.54, 1.807) is 18.0 Å². The van der Waals surface area contributed by atoms with Gasteiger partial charge in [0, 0.05) is 11.3 Å². The zero-order valence-electron chi connectivity index (χ0n) is 10.6. The SMILES string of the molecule is c1ccc(-c2cn3c(n2)SCC(c2ccco2)=N3)cc1. The molecule has 1 aromatic carbocycles. The highest BCUT2D eigenvalue weighted by molar-refractivity contribution is 7.99. The van der Waals surface area contributed by atoms with Gasteiger partial charge in [-0.1, -0.05) is 42.1 Å². The summed E-state index contributed by atoms with van der Waals surface area (Å²) in [4.78, 5) is 4.63. The van der Waals surface area contributed by atoms with Gasteiger partial charge in [-0.05, 0) is 12.1 Å². The lowest BCUT2D eigenvalue weighted by Crippen LogP contribution is -2.11. The first-order valence-corrected chi connectivity index (χ1v) is 7.28. The number of thioether (sulfide) groups is 1. The summed E-state index contributed by atoms with van der Waals surface area (Å²) in [6, 6.07) is 13.9. The van der Waals surface area contributed by atoms with E-state index in [9.17, 15) is 0 Å². The van der Waals surface area contributed by atoms with Crippen LogP contribution in [-0.4, -0.2) is 21.1 Å². The van der Waals surface area contributed by atoms with Gasteiger partial charge in [0.25, 0.3) is 0 Å². The average molecular weight is 281 g/mol. The third-order valence-corrected chi connectivity index (χ3v) is 4.05. The number of nitrogens with zero attached hydrogens (tertiary/aromatic N) is 3. The Hall–Kier alpha value is -2.27. The Morgan fingerprint density at radius 1 is 1.10 bits per heavy atom.